The lowest BCUT2D eigenvalue weighted by Gasteiger charge is -2.33. The van der Waals surface area contributed by atoms with Gasteiger partial charge in [0.05, 0.1) is 6.61 Å². The van der Waals surface area contributed by atoms with Crippen molar-refractivity contribution in [2.75, 3.05) is 46.4 Å². The highest BCUT2D eigenvalue weighted by atomic mass is 16.5. The summed E-state index contributed by atoms with van der Waals surface area (Å²) in [5.41, 5.74) is 0. The molecule has 0 aromatic rings. The van der Waals surface area contributed by atoms with E-state index in [1.54, 1.807) is 7.11 Å². The van der Waals surface area contributed by atoms with Crippen molar-refractivity contribution in [2.45, 2.75) is 33.1 Å². The van der Waals surface area contributed by atoms with Gasteiger partial charge in [0.15, 0.2) is 0 Å². The summed E-state index contributed by atoms with van der Waals surface area (Å²) < 4.78 is 5.03. The van der Waals surface area contributed by atoms with Crippen LogP contribution in [0.1, 0.15) is 33.1 Å². The molecule has 3 heteroatoms. The smallest absolute Gasteiger partial charge is 0.0587 e. The summed E-state index contributed by atoms with van der Waals surface area (Å²) in [4.78, 5) is 2.64. The number of nitrogens with one attached hydrogen (secondary N) is 1. The van der Waals surface area contributed by atoms with Gasteiger partial charge in [-0.05, 0) is 44.3 Å². The monoisotopic (exact) mass is 242 g/mol. The van der Waals surface area contributed by atoms with Crippen LogP contribution in [0.25, 0.3) is 0 Å². The molecule has 1 fully saturated rings. The third-order valence-electron chi connectivity index (χ3n) is 3.89. The quantitative estimate of drug-likeness (QED) is 0.659. The molecule has 0 aromatic carbocycles. The number of rotatable bonds is 8. The molecule has 1 rings (SSSR count). The Bertz CT molecular complexity index is 179. The van der Waals surface area contributed by atoms with E-state index in [9.17, 15) is 0 Å². The zero-order chi connectivity index (χ0) is 12.5. The Balaban J connectivity index is 2.05. The second kappa shape index (κ2) is 8.90. The van der Waals surface area contributed by atoms with E-state index in [4.69, 9.17) is 4.74 Å². The zero-order valence-electron chi connectivity index (χ0n) is 11.9. The van der Waals surface area contributed by atoms with Crippen molar-refractivity contribution in [2.24, 2.45) is 11.8 Å². The van der Waals surface area contributed by atoms with Gasteiger partial charge in [-0.15, -0.1) is 0 Å². The lowest BCUT2D eigenvalue weighted by atomic mass is 9.96. The molecule has 1 N–H and O–H groups in total. The molecule has 0 amide bonds. The van der Waals surface area contributed by atoms with Gasteiger partial charge >= 0.3 is 0 Å². The van der Waals surface area contributed by atoms with Crippen LogP contribution in [0.5, 0.6) is 0 Å². The molecular formula is C14H30N2O. The first kappa shape index (κ1) is 14.9. The van der Waals surface area contributed by atoms with Gasteiger partial charge in [-0.3, -0.25) is 0 Å². The number of methoxy groups -OCH3 is 1. The Morgan fingerprint density at radius 1 is 1.35 bits per heavy atom. The standard InChI is InChI=1S/C14H30N2O/c1-4-13(2)12-16-8-5-14(6-9-16)11-15-7-10-17-3/h13-15H,4-12H2,1-3H3. The van der Waals surface area contributed by atoms with Gasteiger partial charge in [-0.1, -0.05) is 20.3 Å². The predicted octanol–water partition coefficient (Wildman–Crippen LogP) is 1.98. The minimum Gasteiger partial charge on any atom is -0.383 e. The largest absolute Gasteiger partial charge is 0.383 e. The summed E-state index contributed by atoms with van der Waals surface area (Å²) in [6, 6.07) is 0. The molecule has 1 atom stereocenters. The van der Waals surface area contributed by atoms with Crippen molar-refractivity contribution in [1.82, 2.24) is 10.2 Å². The number of likely N-dealkylation sites (tertiary alicyclic amines) is 1. The molecule has 0 aromatic heterocycles. The number of hydrogen-bond acceptors (Lipinski definition) is 3. The maximum absolute atomic E-state index is 5.03. The second-order valence-electron chi connectivity index (χ2n) is 5.45. The van der Waals surface area contributed by atoms with E-state index in [0.717, 1.165) is 25.0 Å². The van der Waals surface area contributed by atoms with E-state index in [2.05, 4.69) is 24.1 Å². The number of hydrogen-bond donors (Lipinski definition) is 1. The predicted molar refractivity (Wildman–Crippen MR) is 73.4 cm³/mol. The van der Waals surface area contributed by atoms with Gasteiger partial charge in [0.1, 0.15) is 0 Å². The van der Waals surface area contributed by atoms with Crippen molar-refractivity contribution in [3.05, 3.63) is 0 Å². The first-order chi connectivity index (χ1) is 8.26. The molecule has 1 saturated heterocycles. The maximum Gasteiger partial charge on any atom is 0.0587 e. The van der Waals surface area contributed by atoms with Gasteiger partial charge in [0.25, 0.3) is 0 Å². The van der Waals surface area contributed by atoms with E-state index in [1.165, 1.54) is 45.4 Å². The molecule has 1 aliphatic heterocycles. The maximum atomic E-state index is 5.03. The first-order valence-electron chi connectivity index (χ1n) is 7.18. The molecule has 0 bridgehead atoms. The van der Waals surface area contributed by atoms with Crippen LogP contribution in [0, 0.1) is 11.8 Å². The van der Waals surface area contributed by atoms with Gasteiger partial charge in [-0.25, -0.2) is 0 Å². The molecule has 0 radical (unpaired) electrons. The van der Waals surface area contributed by atoms with Crippen LogP contribution in [0.3, 0.4) is 0 Å². The molecular weight excluding hydrogens is 212 g/mol. The Labute approximate surface area is 107 Å². The Hall–Kier alpha value is -0.120. The van der Waals surface area contributed by atoms with Gasteiger partial charge in [-0.2, -0.15) is 0 Å². The second-order valence-corrected chi connectivity index (χ2v) is 5.45. The van der Waals surface area contributed by atoms with E-state index in [0.29, 0.717) is 0 Å². The number of nitrogens with zero attached hydrogens (tertiary/aromatic N) is 1. The van der Waals surface area contributed by atoms with Gasteiger partial charge in [0, 0.05) is 20.2 Å². The van der Waals surface area contributed by atoms with Crippen LogP contribution in [0.2, 0.25) is 0 Å². The fourth-order valence-corrected chi connectivity index (χ4v) is 2.42. The summed E-state index contributed by atoms with van der Waals surface area (Å²) >= 11 is 0. The van der Waals surface area contributed by atoms with E-state index in [-0.39, 0.29) is 0 Å². The average molecular weight is 242 g/mol. The minimum absolute atomic E-state index is 0.826. The molecule has 3 nitrogen and oxygen atoms in total. The third-order valence-corrected chi connectivity index (χ3v) is 3.89. The lowest BCUT2D eigenvalue weighted by Crippen LogP contribution is -2.39. The Morgan fingerprint density at radius 2 is 2.06 bits per heavy atom. The van der Waals surface area contributed by atoms with Gasteiger partial charge in [0.2, 0.25) is 0 Å². The molecule has 1 aliphatic rings. The summed E-state index contributed by atoms with van der Waals surface area (Å²) in [7, 11) is 1.76. The van der Waals surface area contributed by atoms with Crippen molar-refractivity contribution >= 4 is 0 Å². The van der Waals surface area contributed by atoms with Crippen molar-refractivity contribution in [3.8, 4) is 0 Å². The molecule has 1 heterocycles. The fraction of sp³-hybridized carbons (Fsp3) is 1.00. The van der Waals surface area contributed by atoms with E-state index >= 15 is 0 Å². The van der Waals surface area contributed by atoms with Gasteiger partial charge < -0.3 is 15.0 Å². The van der Waals surface area contributed by atoms with Crippen molar-refractivity contribution in [3.63, 3.8) is 0 Å². The van der Waals surface area contributed by atoms with Crippen molar-refractivity contribution < 1.29 is 4.74 Å². The Kier molecular flexibility index (Phi) is 7.82. The fourth-order valence-electron chi connectivity index (χ4n) is 2.42. The summed E-state index contributed by atoms with van der Waals surface area (Å²) in [5, 5.41) is 3.48. The van der Waals surface area contributed by atoms with Crippen LogP contribution < -0.4 is 5.32 Å². The number of ether oxygens (including phenoxy) is 1. The van der Waals surface area contributed by atoms with Crippen LogP contribution in [-0.4, -0.2) is 51.3 Å². The summed E-state index contributed by atoms with van der Waals surface area (Å²) in [6.07, 6.45) is 4.02. The third kappa shape index (κ3) is 6.39. The number of piperidine rings is 1. The van der Waals surface area contributed by atoms with E-state index in [1.807, 2.05) is 0 Å². The normalized spacial score (nSPS) is 20.6. The topological polar surface area (TPSA) is 24.5 Å². The van der Waals surface area contributed by atoms with Crippen molar-refractivity contribution in [1.29, 1.82) is 0 Å². The molecule has 17 heavy (non-hydrogen) atoms. The first-order valence-corrected chi connectivity index (χ1v) is 7.18. The molecule has 102 valence electrons. The van der Waals surface area contributed by atoms with Crippen LogP contribution in [-0.2, 0) is 4.74 Å². The molecule has 0 spiro atoms. The highest BCUT2D eigenvalue weighted by Gasteiger charge is 2.19. The SMILES string of the molecule is CCC(C)CN1CCC(CNCCOC)CC1. The summed E-state index contributed by atoms with van der Waals surface area (Å²) in [6.45, 7) is 11.5. The highest BCUT2D eigenvalue weighted by Crippen LogP contribution is 2.17. The Morgan fingerprint density at radius 3 is 2.65 bits per heavy atom. The minimum atomic E-state index is 0.826. The zero-order valence-corrected chi connectivity index (χ0v) is 11.9. The summed E-state index contributed by atoms with van der Waals surface area (Å²) in [5.74, 6) is 1.73. The average Bonchev–Trinajstić information content (AvgIpc) is 2.36. The highest BCUT2D eigenvalue weighted by molar-refractivity contribution is 4.74. The molecule has 0 saturated carbocycles. The van der Waals surface area contributed by atoms with Crippen LogP contribution >= 0.6 is 0 Å². The van der Waals surface area contributed by atoms with Crippen LogP contribution in [0.15, 0.2) is 0 Å². The van der Waals surface area contributed by atoms with Crippen LogP contribution in [0.4, 0.5) is 0 Å². The molecule has 1 unspecified atom stereocenters. The lowest BCUT2D eigenvalue weighted by molar-refractivity contribution is 0.157. The molecule has 0 aliphatic carbocycles. The van der Waals surface area contributed by atoms with E-state index < -0.39 is 0 Å².